The summed E-state index contributed by atoms with van der Waals surface area (Å²) in [6.07, 6.45) is 0.564. The molecule has 1 N–H and O–H groups in total. The zero-order chi connectivity index (χ0) is 12.1. The molecule has 0 aliphatic rings. The highest BCUT2D eigenvalue weighted by Crippen LogP contribution is 2.23. The van der Waals surface area contributed by atoms with Crippen LogP contribution in [0.5, 0.6) is 0 Å². The van der Waals surface area contributed by atoms with Gasteiger partial charge < -0.3 is 5.32 Å². The molecule has 0 saturated carbocycles. The predicted octanol–water partition coefficient (Wildman–Crippen LogP) is 3.18. The van der Waals surface area contributed by atoms with Crippen LogP contribution in [-0.2, 0) is 0 Å². The highest BCUT2D eigenvalue weighted by Gasteiger charge is 2.10. The van der Waals surface area contributed by atoms with Crippen LogP contribution < -0.4 is 5.32 Å². The Bertz CT molecular complexity index is 379. The third-order valence-electron chi connectivity index (χ3n) is 2.86. The molecule has 1 aromatic carbocycles. The van der Waals surface area contributed by atoms with Gasteiger partial charge in [-0.1, -0.05) is 17.7 Å². The fourth-order valence-electron chi connectivity index (χ4n) is 2.32. The molecule has 0 aliphatic carbocycles. The maximum absolute atomic E-state index is 8.51. The topological polar surface area (TPSA) is 35.8 Å². The monoisotopic (exact) mass is 216 g/mol. The van der Waals surface area contributed by atoms with Gasteiger partial charge in [0.25, 0.3) is 0 Å². The van der Waals surface area contributed by atoms with Crippen LogP contribution in [0.2, 0.25) is 0 Å². The van der Waals surface area contributed by atoms with Gasteiger partial charge >= 0.3 is 0 Å². The minimum absolute atomic E-state index is 0.314. The van der Waals surface area contributed by atoms with Crippen LogP contribution in [0.4, 0.5) is 0 Å². The smallest absolute Gasteiger partial charge is 0.0635 e. The van der Waals surface area contributed by atoms with E-state index in [9.17, 15) is 0 Å². The zero-order valence-corrected chi connectivity index (χ0v) is 10.6. The van der Waals surface area contributed by atoms with E-state index in [0.717, 1.165) is 6.54 Å². The fraction of sp³-hybridized carbons (Fsp3) is 0.500. The number of aryl methyl sites for hydroxylation is 3. The molecule has 0 aliphatic heterocycles. The Morgan fingerprint density at radius 2 is 1.81 bits per heavy atom. The Labute approximate surface area is 98.3 Å². The van der Waals surface area contributed by atoms with Gasteiger partial charge in [0.2, 0.25) is 0 Å². The molecule has 0 spiro atoms. The largest absolute Gasteiger partial charge is 0.309 e. The number of nitriles is 1. The molecular weight excluding hydrogens is 196 g/mol. The molecule has 1 rings (SSSR count). The molecule has 0 radical (unpaired) electrons. The second-order valence-electron chi connectivity index (χ2n) is 4.40. The molecule has 1 aromatic rings. The Balaban J connectivity index is 2.83. The van der Waals surface area contributed by atoms with Crippen LogP contribution in [0.25, 0.3) is 0 Å². The lowest BCUT2D eigenvalue weighted by atomic mass is 9.95. The number of hydrogen-bond acceptors (Lipinski definition) is 2. The third kappa shape index (κ3) is 3.08. The van der Waals surface area contributed by atoms with E-state index in [1.807, 2.05) is 0 Å². The standard InChI is InChI=1S/C14H20N2/c1-10-8-11(2)14(12(3)9-10)13(4)16-7-5-6-15/h8-9,13,16H,5,7H2,1-4H3. The van der Waals surface area contributed by atoms with Crippen LogP contribution in [0.1, 0.15) is 41.6 Å². The maximum atomic E-state index is 8.51. The van der Waals surface area contributed by atoms with Gasteiger partial charge in [-0.15, -0.1) is 0 Å². The minimum atomic E-state index is 0.314. The average Bonchev–Trinajstić information content (AvgIpc) is 2.16. The van der Waals surface area contributed by atoms with Crippen molar-refractivity contribution in [1.82, 2.24) is 5.32 Å². The first-order chi connectivity index (χ1) is 7.56. The summed E-state index contributed by atoms with van der Waals surface area (Å²) in [6, 6.07) is 6.89. The first-order valence-electron chi connectivity index (χ1n) is 5.74. The van der Waals surface area contributed by atoms with Gasteiger partial charge in [-0.25, -0.2) is 0 Å². The molecule has 86 valence electrons. The first-order valence-corrected chi connectivity index (χ1v) is 5.74. The van der Waals surface area contributed by atoms with E-state index in [0.29, 0.717) is 12.5 Å². The lowest BCUT2D eigenvalue weighted by Crippen LogP contribution is -2.21. The van der Waals surface area contributed by atoms with Crippen molar-refractivity contribution in [2.75, 3.05) is 6.54 Å². The van der Waals surface area contributed by atoms with Crippen molar-refractivity contribution in [3.63, 3.8) is 0 Å². The molecule has 0 aromatic heterocycles. The molecule has 16 heavy (non-hydrogen) atoms. The summed E-state index contributed by atoms with van der Waals surface area (Å²) in [5, 5.41) is 11.9. The molecule has 0 saturated heterocycles. The summed E-state index contributed by atoms with van der Waals surface area (Å²) in [4.78, 5) is 0. The first kappa shape index (κ1) is 12.7. The number of rotatable bonds is 4. The molecule has 2 heteroatoms. The van der Waals surface area contributed by atoms with Crippen LogP contribution in [0.15, 0.2) is 12.1 Å². The number of hydrogen-bond donors (Lipinski definition) is 1. The number of benzene rings is 1. The molecule has 2 nitrogen and oxygen atoms in total. The normalized spacial score (nSPS) is 12.2. The fourth-order valence-corrected chi connectivity index (χ4v) is 2.32. The van der Waals surface area contributed by atoms with Gasteiger partial charge in [0.1, 0.15) is 0 Å². The van der Waals surface area contributed by atoms with Gasteiger partial charge in [-0.3, -0.25) is 0 Å². The van der Waals surface area contributed by atoms with E-state index in [2.05, 4.69) is 51.2 Å². The van der Waals surface area contributed by atoms with Crippen molar-refractivity contribution in [3.8, 4) is 6.07 Å². The van der Waals surface area contributed by atoms with Crippen LogP contribution in [-0.4, -0.2) is 6.54 Å². The lowest BCUT2D eigenvalue weighted by Gasteiger charge is -2.19. The summed E-state index contributed by atoms with van der Waals surface area (Å²) in [5.41, 5.74) is 5.33. The Kier molecular flexibility index (Phi) is 4.52. The molecule has 1 atom stereocenters. The van der Waals surface area contributed by atoms with Crippen molar-refractivity contribution in [2.45, 2.75) is 40.2 Å². The van der Waals surface area contributed by atoms with Crippen molar-refractivity contribution < 1.29 is 0 Å². The van der Waals surface area contributed by atoms with Crippen LogP contribution in [0, 0.1) is 32.1 Å². The molecule has 1 unspecified atom stereocenters. The van der Waals surface area contributed by atoms with Crippen molar-refractivity contribution in [2.24, 2.45) is 0 Å². The van der Waals surface area contributed by atoms with Crippen molar-refractivity contribution in [1.29, 1.82) is 5.26 Å². The summed E-state index contributed by atoms with van der Waals surface area (Å²) in [7, 11) is 0. The van der Waals surface area contributed by atoms with Crippen molar-refractivity contribution >= 4 is 0 Å². The number of nitrogens with zero attached hydrogens (tertiary/aromatic N) is 1. The average molecular weight is 216 g/mol. The van der Waals surface area contributed by atoms with Gasteiger partial charge in [0, 0.05) is 19.0 Å². The van der Waals surface area contributed by atoms with E-state index in [4.69, 9.17) is 5.26 Å². The zero-order valence-electron chi connectivity index (χ0n) is 10.6. The second-order valence-corrected chi connectivity index (χ2v) is 4.40. The summed E-state index contributed by atoms with van der Waals surface area (Å²) >= 11 is 0. The van der Waals surface area contributed by atoms with Gasteiger partial charge in [0.15, 0.2) is 0 Å². The van der Waals surface area contributed by atoms with E-state index in [1.54, 1.807) is 0 Å². The quantitative estimate of drug-likeness (QED) is 0.785. The van der Waals surface area contributed by atoms with E-state index in [1.165, 1.54) is 22.3 Å². The summed E-state index contributed by atoms with van der Waals surface area (Å²) in [5.74, 6) is 0. The van der Waals surface area contributed by atoms with Gasteiger partial charge in [-0.05, 0) is 44.4 Å². The molecular formula is C14H20N2. The van der Waals surface area contributed by atoms with Crippen LogP contribution >= 0.6 is 0 Å². The molecule has 0 bridgehead atoms. The number of nitrogens with one attached hydrogen (secondary N) is 1. The van der Waals surface area contributed by atoms with E-state index >= 15 is 0 Å². The Hall–Kier alpha value is -1.33. The van der Waals surface area contributed by atoms with Gasteiger partial charge in [-0.2, -0.15) is 5.26 Å². The predicted molar refractivity (Wildman–Crippen MR) is 67.3 cm³/mol. The summed E-state index contributed by atoms with van der Waals surface area (Å²) in [6.45, 7) is 9.33. The van der Waals surface area contributed by atoms with Crippen LogP contribution in [0.3, 0.4) is 0 Å². The van der Waals surface area contributed by atoms with Crippen molar-refractivity contribution in [3.05, 3.63) is 34.4 Å². The third-order valence-corrected chi connectivity index (χ3v) is 2.86. The highest BCUT2D eigenvalue weighted by molar-refractivity contribution is 5.39. The summed E-state index contributed by atoms with van der Waals surface area (Å²) < 4.78 is 0. The minimum Gasteiger partial charge on any atom is -0.309 e. The maximum Gasteiger partial charge on any atom is 0.0635 e. The second kappa shape index (κ2) is 5.67. The molecule has 0 heterocycles. The molecule has 0 fully saturated rings. The lowest BCUT2D eigenvalue weighted by molar-refractivity contribution is 0.578. The Morgan fingerprint density at radius 3 is 2.31 bits per heavy atom. The van der Waals surface area contributed by atoms with E-state index in [-0.39, 0.29) is 0 Å². The highest BCUT2D eigenvalue weighted by atomic mass is 14.9. The van der Waals surface area contributed by atoms with E-state index < -0.39 is 0 Å². The molecule has 0 amide bonds. The Morgan fingerprint density at radius 1 is 1.25 bits per heavy atom. The van der Waals surface area contributed by atoms with Gasteiger partial charge in [0.05, 0.1) is 6.07 Å². The SMILES string of the molecule is Cc1cc(C)c(C(C)NCCC#N)c(C)c1.